The summed E-state index contributed by atoms with van der Waals surface area (Å²) in [5.41, 5.74) is 6.58. The van der Waals surface area contributed by atoms with Gasteiger partial charge >= 0.3 is 0 Å². The fourth-order valence-corrected chi connectivity index (χ4v) is 2.09. The van der Waals surface area contributed by atoms with Gasteiger partial charge in [0.2, 0.25) is 5.91 Å². The number of fused-ring (bicyclic) bond motifs is 1. The summed E-state index contributed by atoms with van der Waals surface area (Å²) in [7, 11) is 1.56. The number of halogens is 1. The summed E-state index contributed by atoms with van der Waals surface area (Å²) in [6, 6.07) is 14.3. The Hall–Kier alpha value is -1.62. The minimum absolute atomic E-state index is 0. The second-order valence-corrected chi connectivity index (χ2v) is 4.76. The number of amides is 1. The van der Waals surface area contributed by atoms with Crippen molar-refractivity contribution in [3.63, 3.8) is 0 Å². The first-order valence-electron chi connectivity index (χ1n) is 6.70. The van der Waals surface area contributed by atoms with Gasteiger partial charge in [0.15, 0.2) is 0 Å². The first-order chi connectivity index (χ1) is 9.72. The van der Waals surface area contributed by atoms with Gasteiger partial charge in [0.25, 0.3) is 0 Å². The Labute approximate surface area is 131 Å². The number of rotatable bonds is 6. The van der Waals surface area contributed by atoms with Crippen LogP contribution in [-0.4, -0.2) is 25.7 Å². The molecule has 2 rings (SSSR count). The third-order valence-electron chi connectivity index (χ3n) is 3.31. The monoisotopic (exact) mass is 308 g/mol. The van der Waals surface area contributed by atoms with Crippen LogP contribution in [0.15, 0.2) is 42.5 Å². The van der Waals surface area contributed by atoms with Crippen LogP contribution in [0.5, 0.6) is 0 Å². The van der Waals surface area contributed by atoms with Crippen molar-refractivity contribution >= 4 is 29.1 Å². The van der Waals surface area contributed by atoms with Gasteiger partial charge in [0.1, 0.15) is 0 Å². The molecule has 0 aromatic heterocycles. The minimum atomic E-state index is -0.216. The van der Waals surface area contributed by atoms with E-state index >= 15 is 0 Å². The van der Waals surface area contributed by atoms with Gasteiger partial charge in [0.05, 0.1) is 12.5 Å². The Morgan fingerprint density at radius 2 is 1.95 bits per heavy atom. The number of ether oxygens (including phenoxy) is 1. The van der Waals surface area contributed by atoms with Gasteiger partial charge in [-0.1, -0.05) is 36.4 Å². The van der Waals surface area contributed by atoms with Gasteiger partial charge < -0.3 is 15.8 Å². The Balaban J connectivity index is 0.00000220. The normalized spacial score (nSPS) is 11.7. The lowest BCUT2D eigenvalue weighted by molar-refractivity contribution is -0.123. The topological polar surface area (TPSA) is 64.3 Å². The largest absolute Gasteiger partial charge is 0.380 e. The smallest absolute Gasteiger partial charge is 0.222 e. The van der Waals surface area contributed by atoms with Crippen molar-refractivity contribution in [2.24, 2.45) is 5.73 Å². The van der Waals surface area contributed by atoms with Crippen LogP contribution in [-0.2, 0) is 16.1 Å². The van der Waals surface area contributed by atoms with E-state index in [1.165, 1.54) is 10.8 Å². The predicted molar refractivity (Wildman–Crippen MR) is 87.5 cm³/mol. The zero-order valence-corrected chi connectivity index (χ0v) is 12.9. The standard InChI is InChI=1S/C16H20N2O2.ClH/c1-20-15(10-17)9-16(19)18-11-12-6-7-13-4-2-3-5-14(13)8-12;/h2-8,15H,9-11,17H2,1H3,(H,18,19);1H. The molecule has 1 atom stereocenters. The third kappa shape index (κ3) is 5.01. The van der Waals surface area contributed by atoms with Gasteiger partial charge in [-0.3, -0.25) is 4.79 Å². The molecule has 0 aliphatic heterocycles. The van der Waals surface area contributed by atoms with Crippen LogP contribution in [0.25, 0.3) is 10.8 Å². The number of hydrogen-bond acceptors (Lipinski definition) is 3. The van der Waals surface area contributed by atoms with Crippen LogP contribution in [0, 0.1) is 0 Å². The molecule has 0 saturated carbocycles. The summed E-state index contributed by atoms with van der Waals surface area (Å²) >= 11 is 0. The zero-order chi connectivity index (χ0) is 14.4. The Kier molecular flexibility index (Phi) is 7.15. The third-order valence-corrected chi connectivity index (χ3v) is 3.31. The highest BCUT2D eigenvalue weighted by atomic mass is 35.5. The van der Waals surface area contributed by atoms with E-state index < -0.39 is 0 Å². The molecule has 1 unspecified atom stereocenters. The molecule has 21 heavy (non-hydrogen) atoms. The van der Waals surface area contributed by atoms with E-state index in [4.69, 9.17) is 10.5 Å². The van der Waals surface area contributed by atoms with Gasteiger partial charge in [-0.25, -0.2) is 0 Å². The SMILES string of the molecule is COC(CN)CC(=O)NCc1ccc2ccccc2c1.Cl. The molecule has 0 radical (unpaired) electrons. The molecule has 4 nitrogen and oxygen atoms in total. The van der Waals surface area contributed by atoms with Crippen LogP contribution >= 0.6 is 12.4 Å². The molecular formula is C16H21ClN2O2. The van der Waals surface area contributed by atoms with Crippen molar-refractivity contribution in [1.82, 2.24) is 5.32 Å². The van der Waals surface area contributed by atoms with Crippen LogP contribution in [0.2, 0.25) is 0 Å². The highest BCUT2D eigenvalue weighted by Crippen LogP contribution is 2.15. The zero-order valence-electron chi connectivity index (χ0n) is 12.0. The molecule has 0 fully saturated rings. The molecule has 0 heterocycles. The first kappa shape index (κ1) is 17.4. The maximum absolute atomic E-state index is 11.8. The van der Waals surface area contributed by atoms with Gasteiger partial charge in [0, 0.05) is 20.2 Å². The molecule has 1 amide bonds. The Morgan fingerprint density at radius 1 is 1.24 bits per heavy atom. The van der Waals surface area contributed by atoms with E-state index in [1.54, 1.807) is 7.11 Å². The number of carbonyl (C=O) groups excluding carboxylic acids is 1. The summed E-state index contributed by atoms with van der Waals surface area (Å²) < 4.78 is 5.09. The summed E-state index contributed by atoms with van der Waals surface area (Å²) in [5.74, 6) is -0.0459. The van der Waals surface area contributed by atoms with E-state index in [0.717, 1.165) is 5.56 Å². The molecule has 0 spiro atoms. The van der Waals surface area contributed by atoms with Gasteiger partial charge in [-0.2, -0.15) is 0 Å². The number of methoxy groups -OCH3 is 1. The quantitative estimate of drug-likeness (QED) is 0.860. The highest BCUT2D eigenvalue weighted by Gasteiger charge is 2.10. The van der Waals surface area contributed by atoms with Crippen molar-refractivity contribution < 1.29 is 9.53 Å². The first-order valence-corrected chi connectivity index (χ1v) is 6.70. The molecule has 2 aromatic rings. The lowest BCUT2D eigenvalue weighted by Crippen LogP contribution is -2.31. The van der Waals surface area contributed by atoms with Crippen LogP contribution in [0.4, 0.5) is 0 Å². The lowest BCUT2D eigenvalue weighted by atomic mass is 10.1. The molecule has 2 aromatic carbocycles. The van der Waals surface area contributed by atoms with E-state index in [2.05, 4.69) is 29.6 Å². The maximum Gasteiger partial charge on any atom is 0.222 e. The average Bonchev–Trinajstić information content (AvgIpc) is 2.50. The number of benzene rings is 2. The molecule has 0 bridgehead atoms. The van der Waals surface area contributed by atoms with Crippen molar-refractivity contribution in [2.45, 2.75) is 19.1 Å². The van der Waals surface area contributed by atoms with Crippen molar-refractivity contribution in [3.05, 3.63) is 48.0 Å². The molecule has 5 heteroatoms. The Morgan fingerprint density at radius 3 is 2.62 bits per heavy atom. The predicted octanol–water partition coefficient (Wildman–Crippen LogP) is 2.24. The second kappa shape index (κ2) is 8.62. The van der Waals surface area contributed by atoms with Gasteiger partial charge in [-0.15, -0.1) is 12.4 Å². The van der Waals surface area contributed by atoms with Gasteiger partial charge in [-0.05, 0) is 22.4 Å². The highest BCUT2D eigenvalue weighted by molar-refractivity contribution is 5.85. The number of hydrogen-bond donors (Lipinski definition) is 2. The fraction of sp³-hybridized carbons (Fsp3) is 0.312. The number of carbonyl (C=O) groups is 1. The molecule has 0 aliphatic carbocycles. The summed E-state index contributed by atoms with van der Waals surface area (Å²) in [6.07, 6.45) is 0.0761. The molecule has 0 aliphatic rings. The summed E-state index contributed by atoms with van der Waals surface area (Å²) in [6.45, 7) is 0.866. The van der Waals surface area contributed by atoms with E-state index in [1.807, 2.05) is 18.2 Å². The maximum atomic E-state index is 11.8. The molecule has 114 valence electrons. The lowest BCUT2D eigenvalue weighted by Gasteiger charge is -2.12. The van der Waals surface area contributed by atoms with Crippen molar-refractivity contribution in [2.75, 3.05) is 13.7 Å². The fourth-order valence-electron chi connectivity index (χ4n) is 2.09. The van der Waals surface area contributed by atoms with Crippen LogP contribution in [0.3, 0.4) is 0 Å². The second-order valence-electron chi connectivity index (χ2n) is 4.76. The molecular weight excluding hydrogens is 288 g/mol. The summed E-state index contributed by atoms with van der Waals surface area (Å²) in [4.78, 5) is 11.8. The van der Waals surface area contributed by atoms with Crippen molar-refractivity contribution in [1.29, 1.82) is 0 Å². The molecule has 0 saturated heterocycles. The van der Waals surface area contributed by atoms with Crippen LogP contribution in [0.1, 0.15) is 12.0 Å². The van der Waals surface area contributed by atoms with E-state index in [-0.39, 0.29) is 24.4 Å². The number of nitrogens with one attached hydrogen (secondary N) is 1. The number of nitrogens with two attached hydrogens (primary N) is 1. The van der Waals surface area contributed by atoms with Crippen molar-refractivity contribution in [3.8, 4) is 0 Å². The summed E-state index contributed by atoms with van der Waals surface area (Å²) in [5, 5.41) is 5.26. The van der Waals surface area contributed by atoms with E-state index in [9.17, 15) is 4.79 Å². The molecule has 3 N–H and O–H groups in total. The minimum Gasteiger partial charge on any atom is -0.380 e. The average molecular weight is 309 g/mol. The Bertz CT molecular complexity index is 585. The van der Waals surface area contributed by atoms with Crippen LogP contribution < -0.4 is 11.1 Å². The van der Waals surface area contributed by atoms with E-state index in [0.29, 0.717) is 19.5 Å².